The van der Waals surface area contributed by atoms with Crippen LogP contribution in [-0.4, -0.2) is 22.4 Å². The van der Waals surface area contributed by atoms with Gasteiger partial charge in [0, 0.05) is 23.8 Å². The van der Waals surface area contributed by atoms with Crippen LogP contribution in [0.2, 0.25) is 5.02 Å². The maximum atomic E-state index is 12.5. The molecule has 0 saturated carbocycles. The van der Waals surface area contributed by atoms with Gasteiger partial charge in [-0.2, -0.15) is 0 Å². The van der Waals surface area contributed by atoms with Crippen molar-refractivity contribution in [2.45, 2.75) is 26.8 Å². The summed E-state index contributed by atoms with van der Waals surface area (Å²) in [6.45, 7) is 5.01. The first-order chi connectivity index (χ1) is 13.5. The monoisotopic (exact) mass is 394 g/mol. The average Bonchev–Trinajstić information content (AvgIpc) is 2.68. The van der Waals surface area contributed by atoms with E-state index in [2.05, 4.69) is 20.6 Å². The fourth-order valence-electron chi connectivity index (χ4n) is 2.81. The zero-order valence-corrected chi connectivity index (χ0v) is 16.8. The van der Waals surface area contributed by atoms with E-state index < -0.39 is 0 Å². The number of halogens is 1. The zero-order chi connectivity index (χ0) is 19.9. The second kappa shape index (κ2) is 9.33. The van der Waals surface area contributed by atoms with Crippen molar-refractivity contribution in [1.29, 1.82) is 0 Å². The molecule has 0 radical (unpaired) electrons. The molecule has 0 bridgehead atoms. The molecule has 1 heterocycles. The normalized spacial score (nSPS) is 10.5. The van der Waals surface area contributed by atoms with Gasteiger partial charge in [0.1, 0.15) is 5.69 Å². The number of hydrogen-bond acceptors (Lipinski definition) is 4. The van der Waals surface area contributed by atoms with Gasteiger partial charge in [0.2, 0.25) is 5.95 Å². The number of carbonyl (C=O) groups is 1. The minimum atomic E-state index is -0.213. The topological polar surface area (TPSA) is 66.9 Å². The number of nitrogens with one attached hydrogen (secondary N) is 2. The number of anilines is 1. The molecule has 0 aliphatic rings. The molecule has 6 heteroatoms. The second-order valence-corrected chi connectivity index (χ2v) is 7.07. The number of hydrogen-bond donors (Lipinski definition) is 2. The number of benzene rings is 2. The smallest absolute Gasteiger partial charge is 0.270 e. The Labute approximate surface area is 170 Å². The molecule has 0 atom stereocenters. The number of aryl methyl sites for hydroxylation is 2. The molecular formula is C22H23ClN4O. The number of aromatic nitrogens is 2. The fourth-order valence-corrected chi connectivity index (χ4v) is 2.93. The van der Waals surface area contributed by atoms with Gasteiger partial charge in [-0.25, -0.2) is 9.97 Å². The maximum absolute atomic E-state index is 12.5. The van der Waals surface area contributed by atoms with Gasteiger partial charge >= 0.3 is 0 Å². The molecular weight excluding hydrogens is 372 g/mol. The first kappa shape index (κ1) is 19.8. The SMILES string of the molecule is Cc1cc(C(=O)NCc2ccccc2C)nc(NCCc2ccc(Cl)cc2)n1. The highest BCUT2D eigenvalue weighted by Gasteiger charge is 2.11. The summed E-state index contributed by atoms with van der Waals surface area (Å²) >= 11 is 5.91. The third-order valence-electron chi connectivity index (χ3n) is 4.40. The summed E-state index contributed by atoms with van der Waals surface area (Å²) < 4.78 is 0. The Kier molecular flexibility index (Phi) is 6.61. The fraction of sp³-hybridized carbons (Fsp3) is 0.227. The van der Waals surface area contributed by atoms with E-state index in [0.717, 1.165) is 28.3 Å². The number of carbonyl (C=O) groups excluding carboxylic acids is 1. The molecule has 0 aliphatic heterocycles. The average molecular weight is 395 g/mol. The summed E-state index contributed by atoms with van der Waals surface area (Å²) in [6, 6.07) is 17.4. The first-order valence-corrected chi connectivity index (χ1v) is 9.56. The van der Waals surface area contributed by atoms with Gasteiger partial charge in [-0.15, -0.1) is 0 Å². The van der Waals surface area contributed by atoms with E-state index in [0.29, 0.717) is 24.7 Å². The van der Waals surface area contributed by atoms with E-state index in [1.165, 1.54) is 5.56 Å². The van der Waals surface area contributed by atoms with Gasteiger partial charge in [0.15, 0.2) is 0 Å². The van der Waals surface area contributed by atoms with Crippen LogP contribution in [0.3, 0.4) is 0 Å². The van der Waals surface area contributed by atoms with Gasteiger partial charge < -0.3 is 10.6 Å². The van der Waals surface area contributed by atoms with Crippen molar-refractivity contribution in [3.8, 4) is 0 Å². The van der Waals surface area contributed by atoms with E-state index in [9.17, 15) is 4.79 Å². The summed E-state index contributed by atoms with van der Waals surface area (Å²) in [5, 5.41) is 6.84. The molecule has 0 unspecified atom stereocenters. The predicted octanol–water partition coefficient (Wildman–Crippen LogP) is 4.33. The Morgan fingerprint density at radius 2 is 1.79 bits per heavy atom. The minimum Gasteiger partial charge on any atom is -0.354 e. The van der Waals surface area contributed by atoms with Crippen LogP contribution in [0, 0.1) is 13.8 Å². The molecule has 0 saturated heterocycles. The molecule has 0 fully saturated rings. The molecule has 3 aromatic rings. The van der Waals surface area contributed by atoms with Crippen molar-refractivity contribution in [1.82, 2.24) is 15.3 Å². The van der Waals surface area contributed by atoms with Crippen molar-refractivity contribution in [2.24, 2.45) is 0 Å². The van der Waals surface area contributed by atoms with Crippen LogP contribution >= 0.6 is 11.6 Å². The van der Waals surface area contributed by atoms with Gasteiger partial charge in [-0.3, -0.25) is 4.79 Å². The lowest BCUT2D eigenvalue weighted by molar-refractivity contribution is 0.0945. The Morgan fingerprint density at radius 3 is 2.54 bits per heavy atom. The van der Waals surface area contributed by atoms with E-state index in [1.54, 1.807) is 6.07 Å². The van der Waals surface area contributed by atoms with Crippen LogP contribution in [-0.2, 0) is 13.0 Å². The third-order valence-corrected chi connectivity index (χ3v) is 4.65. The predicted molar refractivity (Wildman–Crippen MR) is 113 cm³/mol. The van der Waals surface area contributed by atoms with Crippen molar-refractivity contribution in [2.75, 3.05) is 11.9 Å². The quantitative estimate of drug-likeness (QED) is 0.625. The van der Waals surface area contributed by atoms with Crippen molar-refractivity contribution < 1.29 is 4.79 Å². The first-order valence-electron chi connectivity index (χ1n) is 9.18. The molecule has 144 valence electrons. The lowest BCUT2D eigenvalue weighted by atomic mass is 10.1. The highest BCUT2D eigenvalue weighted by Crippen LogP contribution is 2.11. The summed E-state index contributed by atoms with van der Waals surface area (Å²) in [5.41, 5.74) is 4.50. The molecule has 1 amide bonds. The van der Waals surface area contributed by atoms with Crippen molar-refractivity contribution in [3.63, 3.8) is 0 Å². The van der Waals surface area contributed by atoms with Crippen LogP contribution in [0.25, 0.3) is 0 Å². The Bertz CT molecular complexity index is 957. The van der Waals surface area contributed by atoms with Gasteiger partial charge in [0.05, 0.1) is 0 Å². The number of rotatable bonds is 7. The molecule has 3 rings (SSSR count). The van der Waals surface area contributed by atoms with Crippen LogP contribution in [0.1, 0.15) is 32.9 Å². The third kappa shape index (κ3) is 5.54. The Hall–Kier alpha value is -2.92. The lowest BCUT2D eigenvalue weighted by Crippen LogP contribution is -2.25. The molecule has 1 aromatic heterocycles. The van der Waals surface area contributed by atoms with E-state index in [-0.39, 0.29) is 5.91 Å². The van der Waals surface area contributed by atoms with Crippen molar-refractivity contribution >= 4 is 23.5 Å². The summed E-state index contributed by atoms with van der Waals surface area (Å²) in [4.78, 5) is 21.2. The Morgan fingerprint density at radius 1 is 1.04 bits per heavy atom. The van der Waals surface area contributed by atoms with Crippen LogP contribution < -0.4 is 10.6 Å². The van der Waals surface area contributed by atoms with Crippen LogP contribution in [0.15, 0.2) is 54.6 Å². The highest BCUT2D eigenvalue weighted by molar-refractivity contribution is 6.30. The number of amides is 1. The van der Waals surface area contributed by atoms with E-state index in [4.69, 9.17) is 11.6 Å². The molecule has 0 spiro atoms. The van der Waals surface area contributed by atoms with E-state index in [1.807, 2.05) is 62.4 Å². The largest absolute Gasteiger partial charge is 0.354 e. The number of nitrogens with zero attached hydrogens (tertiary/aromatic N) is 2. The molecule has 5 nitrogen and oxygen atoms in total. The van der Waals surface area contributed by atoms with E-state index >= 15 is 0 Å². The van der Waals surface area contributed by atoms with Gasteiger partial charge in [-0.05, 0) is 55.2 Å². The lowest BCUT2D eigenvalue weighted by Gasteiger charge is -2.10. The maximum Gasteiger partial charge on any atom is 0.270 e. The molecule has 2 aromatic carbocycles. The summed E-state index contributed by atoms with van der Waals surface area (Å²) in [6.07, 6.45) is 0.809. The molecule has 28 heavy (non-hydrogen) atoms. The summed E-state index contributed by atoms with van der Waals surface area (Å²) in [5.74, 6) is 0.240. The minimum absolute atomic E-state index is 0.213. The molecule has 0 aliphatic carbocycles. The standard InChI is InChI=1S/C22H23ClN4O/c1-15-5-3-4-6-18(15)14-25-21(28)20-13-16(2)26-22(27-20)24-12-11-17-7-9-19(23)10-8-17/h3-10,13H,11-12,14H2,1-2H3,(H,25,28)(H,24,26,27). The molecule has 2 N–H and O–H groups in total. The second-order valence-electron chi connectivity index (χ2n) is 6.63. The Balaban J connectivity index is 1.59. The zero-order valence-electron chi connectivity index (χ0n) is 16.0. The van der Waals surface area contributed by atoms with Crippen LogP contribution in [0.4, 0.5) is 5.95 Å². The highest BCUT2D eigenvalue weighted by atomic mass is 35.5. The van der Waals surface area contributed by atoms with Gasteiger partial charge in [0.25, 0.3) is 5.91 Å². The van der Waals surface area contributed by atoms with Crippen LogP contribution in [0.5, 0.6) is 0 Å². The van der Waals surface area contributed by atoms with Gasteiger partial charge in [-0.1, -0.05) is 48.0 Å². The summed E-state index contributed by atoms with van der Waals surface area (Å²) in [7, 11) is 0. The van der Waals surface area contributed by atoms with Crippen molar-refractivity contribution in [3.05, 3.63) is 87.7 Å².